The number of carbonyl (C=O) groups excluding carboxylic acids is 1. The van der Waals surface area contributed by atoms with Crippen LogP contribution in [0.1, 0.15) is 28.8 Å². The van der Waals surface area contributed by atoms with E-state index in [0.29, 0.717) is 0 Å². The molecular weight excluding hydrogens is 216 g/mol. The van der Waals surface area contributed by atoms with Gasteiger partial charge in [-0.1, -0.05) is 12.1 Å². The molecule has 0 spiro atoms. The lowest BCUT2D eigenvalue weighted by atomic mass is 10.0. The average Bonchev–Trinajstić information content (AvgIpc) is 2.28. The first-order valence-electron chi connectivity index (χ1n) is 4.80. The number of hydrogen-bond donors (Lipinski definition) is 1. The van der Waals surface area contributed by atoms with Crippen LogP contribution in [0.3, 0.4) is 0 Å². The van der Waals surface area contributed by atoms with Gasteiger partial charge in [0.2, 0.25) is 0 Å². The Morgan fingerprint density at radius 3 is 2.69 bits per heavy atom. The summed E-state index contributed by atoms with van der Waals surface area (Å²) in [6, 6.07) is 4.13. The summed E-state index contributed by atoms with van der Waals surface area (Å²) >= 11 is 0. The fourth-order valence-corrected chi connectivity index (χ4v) is 1.45. The van der Waals surface area contributed by atoms with E-state index in [-0.39, 0.29) is 29.8 Å². The molecular formula is C11H13F2NO2. The maximum Gasteiger partial charge on any atom is 0.264 e. The van der Waals surface area contributed by atoms with Crippen LogP contribution in [0, 0.1) is 0 Å². The molecule has 5 heteroatoms. The summed E-state index contributed by atoms with van der Waals surface area (Å²) in [6.45, 7) is 0.125. The first-order valence-corrected chi connectivity index (χ1v) is 4.80. The number of Topliss-reactive ketones (excluding diaryl/α,β-unsaturated/α-hetero) is 1. The third-order valence-electron chi connectivity index (χ3n) is 2.16. The molecule has 0 fully saturated rings. The van der Waals surface area contributed by atoms with Crippen molar-refractivity contribution in [2.45, 2.75) is 12.8 Å². The fraction of sp³-hybridized carbons (Fsp3) is 0.364. The smallest absolute Gasteiger partial charge is 0.264 e. The number of hydrogen-bond acceptors (Lipinski definition) is 3. The molecule has 1 rings (SSSR count). The van der Waals surface area contributed by atoms with Crippen molar-refractivity contribution in [3.05, 3.63) is 29.3 Å². The third kappa shape index (κ3) is 2.55. The Labute approximate surface area is 92.2 Å². The van der Waals surface area contributed by atoms with Gasteiger partial charge in [-0.15, -0.1) is 0 Å². The van der Waals surface area contributed by atoms with Crippen LogP contribution in [0.15, 0.2) is 18.2 Å². The SMILES string of the molecule is COc1cccc(C(F)F)c1C(=O)CCN. The van der Waals surface area contributed by atoms with Gasteiger partial charge in [-0.2, -0.15) is 0 Å². The molecule has 0 amide bonds. The maximum atomic E-state index is 12.7. The van der Waals surface area contributed by atoms with Crippen molar-refractivity contribution < 1.29 is 18.3 Å². The Kier molecular flexibility index (Phi) is 4.37. The second-order valence-electron chi connectivity index (χ2n) is 3.19. The van der Waals surface area contributed by atoms with E-state index >= 15 is 0 Å². The van der Waals surface area contributed by atoms with Gasteiger partial charge >= 0.3 is 0 Å². The zero-order valence-corrected chi connectivity index (χ0v) is 8.87. The van der Waals surface area contributed by atoms with Crippen LogP contribution in [0.5, 0.6) is 5.75 Å². The van der Waals surface area contributed by atoms with E-state index in [2.05, 4.69) is 0 Å². The minimum Gasteiger partial charge on any atom is -0.496 e. The second kappa shape index (κ2) is 5.55. The van der Waals surface area contributed by atoms with Gasteiger partial charge in [-0.3, -0.25) is 4.79 Å². The molecule has 0 aliphatic rings. The van der Waals surface area contributed by atoms with Crippen LogP contribution >= 0.6 is 0 Å². The largest absolute Gasteiger partial charge is 0.496 e. The fourth-order valence-electron chi connectivity index (χ4n) is 1.45. The van der Waals surface area contributed by atoms with Gasteiger partial charge < -0.3 is 10.5 Å². The third-order valence-corrected chi connectivity index (χ3v) is 2.16. The summed E-state index contributed by atoms with van der Waals surface area (Å²) in [4.78, 5) is 11.7. The number of carbonyl (C=O) groups is 1. The maximum absolute atomic E-state index is 12.7. The zero-order chi connectivity index (χ0) is 12.1. The topological polar surface area (TPSA) is 52.3 Å². The lowest BCUT2D eigenvalue weighted by Gasteiger charge is -2.11. The van der Waals surface area contributed by atoms with E-state index in [4.69, 9.17) is 10.5 Å². The predicted molar refractivity (Wildman–Crippen MR) is 56.0 cm³/mol. The summed E-state index contributed by atoms with van der Waals surface area (Å²) in [7, 11) is 1.34. The average molecular weight is 229 g/mol. The van der Waals surface area contributed by atoms with Gasteiger partial charge in [0.15, 0.2) is 5.78 Å². The van der Waals surface area contributed by atoms with E-state index in [0.717, 1.165) is 0 Å². The first-order chi connectivity index (χ1) is 7.61. The van der Waals surface area contributed by atoms with Gasteiger partial charge in [-0.25, -0.2) is 8.78 Å². The summed E-state index contributed by atoms with van der Waals surface area (Å²) in [5.41, 5.74) is 4.86. The van der Waals surface area contributed by atoms with E-state index in [1.165, 1.54) is 25.3 Å². The molecule has 0 bridgehead atoms. The number of ether oxygens (including phenoxy) is 1. The molecule has 0 aliphatic heterocycles. The number of methoxy groups -OCH3 is 1. The van der Waals surface area contributed by atoms with Crippen molar-refractivity contribution in [2.24, 2.45) is 5.73 Å². The lowest BCUT2D eigenvalue weighted by Crippen LogP contribution is -2.12. The number of ketones is 1. The highest BCUT2D eigenvalue weighted by Gasteiger charge is 2.21. The quantitative estimate of drug-likeness (QED) is 0.787. The highest BCUT2D eigenvalue weighted by molar-refractivity contribution is 6.00. The van der Waals surface area contributed by atoms with Crippen molar-refractivity contribution in [3.8, 4) is 5.75 Å². The molecule has 1 aromatic carbocycles. The lowest BCUT2D eigenvalue weighted by molar-refractivity contribution is 0.0967. The number of nitrogens with two attached hydrogens (primary N) is 1. The van der Waals surface area contributed by atoms with Crippen LogP contribution in [-0.4, -0.2) is 19.4 Å². The van der Waals surface area contributed by atoms with Crippen molar-refractivity contribution in [1.29, 1.82) is 0 Å². The van der Waals surface area contributed by atoms with Crippen molar-refractivity contribution in [1.82, 2.24) is 0 Å². The molecule has 16 heavy (non-hydrogen) atoms. The standard InChI is InChI=1S/C11H13F2NO2/c1-16-9-4-2-3-7(11(12)13)10(9)8(15)5-6-14/h2-4,11H,5-6,14H2,1H3. The van der Waals surface area contributed by atoms with Gasteiger partial charge in [0, 0.05) is 12.0 Å². The summed E-state index contributed by atoms with van der Waals surface area (Å²) in [6.07, 6.45) is -2.67. The summed E-state index contributed by atoms with van der Waals surface area (Å²) < 4.78 is 30.3. The molecule has 0 heterocycles. The van der Waals surface area contributed by atoms with Gasteiger partial charge in [0.05, 0.1) is 12.7 Å². The number of alkyl halides is 2. The van der Waals surface area contributed by atoms with Crippen molar-refractivity contribution in [2.75, 3.05) is 13.7 Å². The van der Waals surface area contributed by atoms with Crippen LogP contribution in [0.2, 0.25) is 0 Å². The summed E-state index contributed by atoms with van der Waals surface area (Å²) in [5, 5.41) is 0. The second-order valence-corrected chi connectivity index (χ2v) is 3.19. The molecule has 0 saturated heterocycles. The Morgan fingerprint density at radius 2 is 2.19 bits per heavy atom. The number of rotatable bonds is 5. The molecule has 0 radical (unpaired) electrons. The van der Waals surface area contributed by atoms with Crippen LogP contribution < -0.4 is 10.5 Å². The Balaban J connectivity index is 3.24. The molecule has 3 nitrogen and oxygen atoms in total. The molecule has 88 valence electrons. The Morgan fingerprint density at radius 1 is 1.50 bits per heavy atom. The van der Waals surface area contributed by atoms with E-state index in [9.17, 15) is 13.6 Å². The molecule has 0 saturated carbocycles. The normalized spacial score (nSPS) is 10.6. The summed E-state index contributed by atoms with van der Waals surface area (Å²) in [5.74, 6) is -0.258. The van der Waals surface area contributed by atoms with Crippen LogP contribution in [0.25, 0.3) is 0 Å². The molecule has 2 N–H and O–H groups in total. The molecule has 0 aromatic heterocycles. The van der Waals surface area contributed by atoms with Gasteiger partial charge in [0.25, 0.3) is 6.43 Å². The molecule has 0 aliphatic carbocycles. The van der Waals surface area contributed by atoms with Crippen molar-refractivity contribution >= 4 is 5.78 Å². The minimum atomic E-state index is -2.70. The monoisotopic (exact) mass is 229 g/mol. The van der Waals surface area contributed by atoms with Crippen LogP contribution in [0.4, 0.5) is 8.78 Å². The van der Waals surface area contributed by atoms with Crippen LogP contribution in [-0.2, 0) is 0 Å². The van der Waals surface area contributed by atoms with Gasteiger partial charge in [0.1, 0.15) is 5.75 Å². The highest BCUT2D eigenvalue weighted by Crippen LogP contribution is 2.30. The Bertz CT molecular complexity index is 380. The van der Waals surface area contributed by atoms with E-state index in [1.807, 2.05) is 0 Å². The first kappa shape index (κ1) is 12.6. The minimum absolute atomic E-state index is 0.0279. The predicted octanol–water partition coefficient (Wildman–Crippen LogP) is 2.16. The molecule has 0 unspecified atom stereocenters. The highest BCUT2D eigenvalue weighted by atomic mass is 19.3. The van der Waals surface area contributed by atoms with E-state index < -0.39 is 12.2 Å². The Hall–Kier alpha value is -1.49. The van der Waals surface area contributed by atoms with E-state index in [1.54, 1.807) is 0 Å². The number of benzene rings is 1. The molecule has 1 aromatic rings. The van der Waals surface area contributed by atoms with Gasteiger partial charge in [-0.05, 0) is 12.6 Å². The number of halogens is 2. The van der Waals surface area contributed by atoms with Crippen molar-refractivity contribution in [3.63, 3.8) is 0 Å². The zero-order valence-electron chi connectivity index (χ0n) is 8.87. The molecule has 0 atom stereocenters.